The molecule has 0 bridgehead atoms. The second kappa shape index (κ2) is 17.2. The Kier molecular flexibility index (Phi) is 12.5. The van der Waals surface area contributed by atoms with Gasteiger partial charge in [-0.05, 0) is 72.4 Å². The molecule has 0 saturated carbocycles. The number of ether oxygens (including phenoxy) is 4. The molecule has 4 aromatic carbocycles. The Hall–Kier alpha value is -5.74. The zero-order chi connectivity index (χ0) is 38.1. The Morgan fingerprint density at radius 1 is 0.906 bits per heavy atom. The van der Waals surface area contributed by atoms with Crippen LogP contribution in [0.4, 0.5) is 23.4 Å². The number of rotatable bonds is 12. The van der Waals surface area contributed by atoms with E-state index >= 15 is 4.39 Å². The summed E-state index contributed by atoms with van der Waals surface area (Å²) in [5.41, 5.74) is -0.194. The zero-order valence-corrected chi connectivity index (χ0v) is 29.9. The monoisotopic (exact) mass is 769 g/mol. The van der Waals surface area contributed by atoms with Gasteiger partial charge in [0.25, 0.3) is 5.56 Å². The third kappa shape index (κ3) is 9.02. The van der Waals surface area contributed by atoms with Crippen molar-refractivity contribution in [3.8, 4) is 22.9 Å². The lowest BCUT2D eigenvalue weighted by molar-refractivity contribution is -0.200. The van der Waals surface area contributed by atoms with Crippen LogP contribution in [0, 0.1) is 5.82 Å². The highest BCUT2D eigenvalue weighted by Crippen LogP contribution is 2.40. The Labute approximate surface area is 308 Å². The van der Waals surface area contributed by atoms with E-state index in [1.54, 1.807) is 38.5 Å². The van der Waals surface area contributed by atoms with E-state index < -0.39 is 40.2 Å². The van der Waals surface area contributed by atoms with Crippen LogP contribution < -0.4 is 24.1 Å². The molecule has 16 heteroatoms. The molecule has 2 heterocycles. The van der Waals surface area contributed by atoms with Crippen molar-refractivity contribution in [1.29, 1.82) is 0 Å². The van der Waals surface area contributed by atoms with Crippen molar-refractivity contribution in [3.05, 3.63) is 137 Å². The van der Waals surface area contributed by atoms with E-state index in [1.165, 1.54) is 41.9 Å². The van der Waals surface area contributed by atoms with Gasteiger partial charge in [0, 0.05) is 29.1 Å². The molecular formula is C37H31F4N3O7S2. The molecule has 10 nitrogen and oxygen atoms in total. The van der Waals surface area contributed by atoms with Crippen LogP contribution >= 0.6 is 12.2 Å². The van der Waals surface area contributed by atoms with Gasteiger partial charge < -0.3 is 23.5 Å². The molecule has 53 heavy (non-hydrogen) atoms. The zero-order valence-electron chi connectivity index (χ0n) is 28.3. The van der Waals surface area contributed by atoms with Gasteiger partial charge in [-0.15, -0.1) is 0 Å². The van der Waals surface area contributed by atoms with E-state index in [-0.39, 0.29) is 23.5 Å². The molecule has 0 aliphatic heterocycles. The molecule has 0 aliphatic carbocycles. The number of pyridine rings is 1. The number of aromatic nitrogens is 2. The minimum absolute atomic E-state index is 0.157. The average molecular weight is 770 g/mol. The minimum atomic E-state index is -4.99. The molecule has 0 saturated heterocycles. The highest BCUT2D eigenvalue weighted by atomic mass is 32.2. The first-order valence-electron chi connectivity index (χ1n) is 15.5. The summed E-state index contributed by atoms with van der Waals surface area (Å²) in [6.07, 6.45) is -6.33. The summed E-state index contributed by atoms with van der Waals surface area (Å²) in [6.45, 7) is 0.190. The number of fused-ring (bicyclic) bond motifs is 1. The first-order valence-corrected chi connectivity index (χ1v) is 17.1. The number of anilines is 1. The van der Waals surface area contributed by atoms with E-state index in [4.69, 9.17) is 18.7 Å². The van der Waals surface area contributed by atoms with Crippen LogP contribution in [0.1, 0.15) is 17.2 Å². The van der Waals surface area contributed by atoms with Gasteiger partial charge in [0.15, 0.2) is 16.8 Å². The molecule has 2 atom stereocenters. The summed E-state index contributed by atoms with van der Waals surface area (Å²) in [5.74, 6) is 0.348. The molecule has 0 radical (unpaired) electrons. The maximum Gasteiger partial charge on any atom is 0.429 e. The predicted octanol–water partition coefficient (Wildman–Crippen LogP) is 8.14. The molecular weight excluding hydrogens is 739 g/mol. The molecule has 0 amide bonds. The molecule has 0 fully saturated rings. The molecule has 0 spiro atoms. The molecule has 6 rings (SSSR count). The Morgan fingerprint density at radius 3 is 2.19 bits per heavy atom. The van der Waals surface area contributed by atoms with Gasteiger partial charge in [-0.2, -0.15) is 13.2 Å². The lowest BCUT2D eigenvalue weighted by atomic mass is 10.1. The number of hydrogen-bond donors (Lipinski definition) is 0. The molecule has 6 aromatic rings. The summed E-state index contributed by atoms with van der Waals surface area (Å²) in [6, 6.07) is 27.3. The number of halogens is 4. The predicted molar refractivity (Wildman–Crippen MR) is 195 cm³/mol. The average Bonchev–Trinajstić information content (AvgIpc) is 3.71. The van der Waals surface area contributed by atoms with E-state index in [0.29, 0.717) is 27.4 Å². The van der Waals surface area contributed by atoms with Crippen molar-refractivity contribution in [3.63, 3.8) is 0 Å². The maximum absolute atomic E-state index is 15.2. The van der Waals surface area contributed by atoms with Gasteiger partial charge >= 0.3 is 6.18 Å². The second-order valence-corrected chi connectivity index (χ2v) is 12.5. The van der Waals surface area contributed by atoms with Crippen LogP contribution in [-0.2, 0) is 22.3 Å². The Balaban J connectivity index is 0.000000599. The smallest absolute Gasteiger partial charge is 0.429 e. The van der Waals surface area contributed by atoms with Crippen molar-refractivity contribution in [2.24, 2.45) is 0 Å². The standard InChI is InChI=1S/C30H23F4N3O6S2.C7H8O/c1-40-20-6-3-18(4-7-20)16-36(27-11-12-43-35-27)45(39)21-8-9-24-19(13-21)5-10-28(38)37(24)25-15-23(31)22(14-26(25)41-2)29(42-17-44)30(32,33)34;1-8-7-5-3-2-4-6-7/h3-15,17,29H,16H2,1-2H3;2-6H,1H3. The highest BCUT2D eigenvalue weighted by molar-refractivity contribution is 7.86. The number of hydrogen-bond acceptors (Lipinski definition) is 9. The summed E-state index contributed by atoms with van der Waals surface area (Å²) in [4.78, 5) is 13.4. The number of thiocarbonyl (C=S) groups is 1. The fourth-order valence-electron chi connectivity index (χ4n) is 5.20. The number of benzene rings is 4. The summed E-state index contributed by atoms with van der Waals surface area (Å²) < 4.78 is 97.4. The molecule has 276 valence electrons. The Morgan fingerprint density at radius 2 is 1.60 bits per heavy atom. The topological polar surface area (TPSA) is 105 Å². The van der Waals surface area contributed by atoms with Crippen molar-refractivity contribution < 1.29 is 45.2 Å². The van der Waals surface area contributed by atoms with Crippen LogP contribution in [0.25, 0.3) is 16.6 Å². The van der Waals surface area contributed by atoms with Crippen molar-refractivity contribution in [2.45, 2.75) is 23.7 Å². The summed E-state index contributed by atoms with van der Waals surface area (Å²) >= 11 is 4.40. The largest absolute Gasteiger partial charge is 0.497 e. The number of methoxy groups -OCH3 is 3. The molecule has 0 aliphatic rings. The van der Waals surface area contributed by atoms with Crippen LogP contribution in [0.2, 0.25) is 0 Å². The van der Waals surface area contributed by atoms with Crippen LogP contribution in [-0.4, -0.2) is 47.0 Å². The summed E-state index contributed by atoms with van der Waals surface area (Å²) in [7, 11) is 2.56. The van der Waals surface area contributed by atoms with Crippen molar-refractivity contribution in [1.82, 2.24) is 9.72 Å². The van der Waals surface area contributed by atoms with Crippen LogP contribution in [0.15, 0.2) is 124 Å². The van der Waals surface area contributed by atoms with Gasteiger partial charge in [0.1, 0.15) is 34.9 Å². The molecule has 2 aromatic heterocycles. The van der Waals surface area contributed by atoms with E-state index in [9.17, 15) is 22.2 Å². The van der Waals surface area contributed by atoms with E-state index in [0.717, 1.165) is 28.0 Å². The number of alkyl halides is 3. The van der Waals surface area contributed by atoms with Gasteiger partial charge in [0.2, 0.25) is 6.10 Å². The fraction of sp³-hybridized carbons (Fsp3) is 0.162. The second-order valence-electron chi connectivity index (χ2n) is 10.9. The summed E-state index contributed by atoms with van der Waals surface area (Å²) in [5, 5.41) is 4.37. The normalized spacial score (nSPS) is 12.2. The van der Waals surface area contributed by atoms with Crippen LogP contribution in [0.3, 0.4) is 0 Å². The highest BCUT2D eigenvalue weighted by Gasteiger charge is 2.44. The first kappa shape index (κ1) is 38.5. The maximum atomic E-state index is 15.2. The van der Waals surface area contributed by atoms with Crippen molar-refractivity contribution in [2.75, 3.05) is 25.6 Å². The first-order chi connectivity index (χ1) is 25.5. The Bertz CT molecular complexity index is 2230. The van der Waals surface area contributed by atoms with Gasteiger partial charge in [-0.1, -0.05) is 35.5 Å². The SMILES string of the molecule is COc1ccc(CN(c2ccon2)S(=O)c2ccc3c(ccc(=O)n3-c3cc(F)c(C(OC=S)C(F)(F)F)cc3OC)c2)cc1.COc1ccccc1. The third-order valence-electron chi connectivity index (χ3n) is 7.72. The number of para-hydroxylation sites is 1. The number of nitrogens with zero attached hydrogens (tertiary/aromatic N) is 3. The van der Waals surface area contributed by atoms with Crippen molar-refractivity contribution >= 4 is 45.5 Å². The lowest BCUT2D eigenvalue weighted by Gasteiger charge is -2.22. The van der Waals surface area contributed by atoms with Crippen LogP contribution in [0.5, 0.6) is 17.2 Å². The minimum Gasteiger partial charge on any atom is -0.497 e. The van der Waals surface area contributed by atoms with E-state index in [2.05, 4.69) is 22.1 Å². The van der Waals surface area contributed by atoms with Gasteiger partial charge in [-0.25, -0.2) is 8.60 Å². The quantitative estimate of drug-likeness (QED) is 0.0902. The molecule has 2 unspecified atom stereocenters. The van der Waals surface area contributed by atoms with Gasteiger partial charge in [-0.3, -0.25) is 13.7 Å². The van der Waals surface area contributed by atoms with E-state index in [1.807, 2.05) is 42.5 Å². The third-order valence-corrected chi connectivity index (χ3v) is 9.21. The lowest BCUT2D eigenvalue weighted by Crippen LogP contribution is -2.26. The van der Waals surface area contributed by atoms with Gasteiger partial charge in [0.05, 0.1) is 44.0 Å². The fourth-order valence-corrected chi connectivity index (χ4v) is 6.51. The molecule has 0 N–H and O–H groups in total.